The molecule has 0 bridgehead atoms. The van der Waals surface area contributed by atoms with Crippen LogP contribution in [0.15, 0.2) is 12.7 Å². The number of amides is 1. The standard InChI is InChI=1S/C13H23NO6/c1-3-4-5-6-19-13-10(14-8(2)16)12(18)11(17)9(7-15)20-13/h3,9-13,15,17-18H,1,4-7H2,2H3,(H,14,16)/t9-,10-,11-,12-,13+/m1/s1. The number of aliphatic hydroxyl groups excluding tert-OH is 3. The Morgan fingerprint density at radius 1 is 1.45 bits per heavy atom. The molecule has 1 saturated heterocycles. The van der Waals surface area contributed by atoms with Gasteiger partial charge in [0.2, 0.25) is 5.91 Å². The zero-order valence-corrected chi connectivity index (χ0v) is 11.6. The van der Waals surface area contributed by atoms with Gasteiger partial charge in [0.15, 0.2) is 6.29 Å². The van der Waals surface area contributed by atoms with Crippen LogP contribution in [0.2, 0.25) is 0 Å². The molecule has 0 aromatic rings. The van der Waals surface area contributed by atoms with E-state index in [9.17, 15) is 15.0 Å². The topological polar surface area (TPSA) is 108 Å². The molecule has 0 aromatic heterocycles. The first-order valence-electron chi connectivity index (χ1n) is 6.63. The molecule has 20 heavy (non-hydrogen) atoms. The number of unbranched alkanes of at least 4 members (excludes halogenated alkanes) is 1. The summed E-state index contributed by atoms with van der Waals surface area (Å²) >= 11 is 0. The van der Waals surface area contributed by atoms with Crippen LogP contribution < -0.4 is 5.32 Å². The second-order valence-electron chi connectivity index (χ2n) is 4.73. The van der Waals surface area contributed by atoms with E-state index in [4.69, 9.17) is 14.6 Å². The number of aliphatic hydroxyl groups is 3. The van der Waals surface area contributed by atoms with E-state index >= 15 is 0 Å². The number of hydrogen-bond donors (Lipinski definition) is 4. The molecule has 7 heteroatoms. The molecule has 0 radical (unpaired) electrons. The minimum atomic E-state index is -1.29. The minimum absolute atomic E-state index is 0.355. The van der Waals surface area contributed by atoms with Gasteiger partial charge in [-0.25, -0.2) is 0 Å². The van der Waals surface area contributed by atoms with E-state index < -0.39 is 37.3 Å². The Balaban J connectivity index is 2.67. The lowest BCUT2D eigenvalue weighted by molar-refractivity contribution is -0.270. The summed E-state index contributed by atoms with van der Waals surface area (Å²) in [5.41, 5.74) is 0. The van der Waals surface area contributed by atoms with Crippen LogP contribution in [-0.2, 0) is 14.3 Å². The van der Waals surface area contributed by atoms with Gasteiger partial charge in [0.25, 0.3) is 0 Å². The van der Waals surface area contributed by atoms with E-state index in [0.717, 1.165) is 12.8 Å². The van der Waals surface area contributed by atoms with Crippen molar-refractivity contribution in [2.75, 3.05) is 13.2 Å². The van der Waals surface area contributed by atoms with Crippen LogP contribution in [0.5, 0.6) is 0 Å². The van der Waals surface area contributed by atoms with Gasteiger partial charge in [-0.3, -0.25) is 4.79 Å². The number of hydrogen-bond acceptors (Lipinski definition) is 6. The molecular weight excluding hydrogens is 266 g/mol. The van der Waals surface area contributed by atoms with E-state index in [-0.39, 0.29) is 5.91 Å². The number of ether oxygens (including phenoxy) is 2. The predicted octanol–water partition coefficient (Wildman–Crippen LogP) is -1.09. The SMILES string of the molecule is C=CCCCO[C@H]1O[C@H](CO)[C@@H](O)[C@H](O)[C@H]1NC(C)=O. The molecule has 0 saturated carbocycles. The van der Waals surface area contributed by atoms with E-state index in [1.807, 2.05) is 0 Å². The average Bonchev–Trinajstić information content (AvgIpc) is 2.41. The second-order valence-corrected chi connectivity index (χ2v) is 4.73. The van der Waals surface area contributed by atoms with Gasteiger partial charge in [0, 0.05) is 6.92 Å². The van der Waals surface area contributed by atoms with Crippen molar-refractivity contribution in [2.45, 2.75) is 50.4 Å². The molecule has 0 spiro atoms. The van der Waals surface area contributed by atoms with Crippen molar-refractivity contribution in [1.29, 1.82) is 0 Å². The molecule has 5 atom stereocenters. The van der Waals surface area contributed by atoms with Crippen molar-refractivity contribution in [3.63, 3.8) is 0 Å². The molecule has 1 heterocycles. The number of carbonyl (C=O) groups is 1. The van der Waals surface area contributed by atoms with Gasteiger partial charge in [0.05, 0.1) is 13.2 Å². The molecule has 1 aliphatic heterocycles. The Morgan fingerprint density at radius 3 is 2.70 bits per heavy atom. The Morgan fingerprint density at radius 2 is 2.15 bits per heavy atom. The smallest absolute Gasteiger partial charge is 0.217 e. The molecule has 1 fully saturated rings. The molecular formula is C13H23NO6. The Hall–Kier alpha value is -0.990. The third kappa shape index (κ3) is 4.53. The fourth-order valence-electron chi connectivity index (χ4n) is 2.04. The number of nitrogens with one attached hydrogen (secondary N) is 1. The third-order valence-corrected chi connectivity index (χ3v) is 3.09. The van der Waals surface area contributed by atoms with Crippen LogP contribution in [0, 0.1) is 0 Å². The normalized spacial score (nSPS) is 33.7. The monoisotopic (exact) mass is 289 g/mol. The third-order valence-electron chi connectivity index (χ3n) is 3.09. The quantitative estimate of drug-likeness (QED) is 0.350. The Bertz CT molecular complexity index is 324. The summed E-state index contributed by atoms with van der Waals surface area (Å²) in [5.74, 6) is -0.369. The maximum Gasteiger partial charge on any atom is 0.217 e. The summed E-state index contributed by atoms with van der Waals surface area (Å²) in [7, 11) is 0. The fraction of sp³-hybridized carbons (Fsp3) is 0.769. The van der Waals surface area contributed by atoms with E-state index in [1.165, 1.54) is 6.92 Å². The van der Waals surface area contributed by atoms with Crippen molar-refractivity contribution in [3.05, 3.63) is 12.7 Å². The highest BCUT2D eigenvalue weighted by Crippen LogP contribution is 2.22. The van der Waals surface area contributed by atoms with Gasteiger partial charge in [-0.05, 0) is 12.8 Å². The maximum atomic E-state index is 11.2. The lowest BCUT2D eigenvalue weighted by Gasteiger charge is -2.42. The first-order valence-corrected chi connectivity index (χ1v) is 6.63. The second kappa shape index (κ2) is 8.33. The first-order chi connectivity index (χ1) is 9.51. The average molecular weight is 289 g/mol. The summed E-state index contributed by atoms with van der Waals surface area (Å²) in [6.45, 7) is 4.80. The molecule has 116 valence electrons. The largest absolute Gasteiger partial charge is 0.394 e. The maximum absolute atomic E-state index is 11.2. The number of rotatable bonds is 7. The fourth-order valence-corrected chi connectivity index (χ4v) is 2.04. The zero-order valence-electron chi connectivity index (χ0n) is 11.6. The van der Waals surface area contributed by atoms with Crippen LogP contribution in [0.25, 0.3) is 0 Å². The van der Waals surface area contributed by atoms with Crippen LogP contribution in [0.4, 0.5) is 0 Å². The van der Waals surface area contributed by atoms with Gasteiger partial charge in [-0.15, -0.1) is 6.58 Å². The number of carbonyl (C=O) groups excluding carboxylic acids is 1. The molecule has 1 amide bonds. The Labute approximate surface area is 118 Å². The lowest BCUT2D eigenvalue weighted by Crippen LogP contribution is -2.64. The summed E-state index contributed by atoms with van der Waals surface area (Å²) in [4.78, 5) is 11.2. The molecule has 0 aliphatic carbocycles. The van der Waals surface area contributed by atoms with Gasteiger partial charge in [-0.2, -0.15) is 0 Å². The minimum Gasteiger partial charge on any atom is -0.394 e. The van der Waals surface area contributed by atoms with Crippen molar-refractivity contribution in [1.82, 2.24) is 5.32 Å². The van der Waals surface area contributed by atoms with Crippen LogP contribution >= 0.6 is 0 Å². The highest BCUT2D eigenvalue weighted by molar-refractivity contribution is 5.73. The molecule has 1 rings (SSSR count). The molecule has 4 N–H and O–H groups in total. The highest BCUT2D eigenvalue weighted by Gasteiger charge is 2.45. The van der Waals surface area contributed by atoms with E-state index in [0.29, 0.717) is 6.61 Å². The van der Waals surface area contributed by atoms with Crippen molar-refractivity contribution in [2.24, 2.45) is 0 Å². The van der Waals surface area contributed by atoms with Gasteiger partial charge in [0.1, 0.15) is 24.4 Å². The highest BCUT2D eigenvalue weighted by atomic mass is 16.7. The summed E-state index contributed by atoms with van der Waals surface area (Å²) < 4.78 is 10.9. The van der Waals surface area contributed by atoms with Crippen molar-refractivity contribution in [3.8, 4) is 0 Å². The summed E-state index contributed by atoms with van der Waals surface area (Å²) in [6.07, 6.45) is -1.17. The van der Waals surface area contributed by atoms with Crippen LogP contribution in [-0.4, -0.2) is 65.1 Å². The number of allylic oxidation sites excluding steroid dienone is 1. The van der Waals surface area contributed by atoms with Gasteiger partial charge >= 0.3 is 0 Å². The molecule has 7 nitrogen and oxygen atoms in total. The molecule has 0 unspecified atom stereocenters. The summed E-state index contributed by atoms with van der Waals surface area (Å²) in [6, 6.07) is -0.881. The molecule has 1 aliphatic rings. The van der Waals surface area contributed by atoms with Crippen molar-refractivity contribution < 1.29 is 29.6 Å². The van der Waals surface area contributed by atoms with Crippen LogP contribution in [0.3, 0.4) is 0 Å². The lowest BCUT2D eigenvalue weighted by atomic mass is 9.97. The first kappa shape index (κ1) is 17.1. The van der Waals surface area contributed by atoms with E-state index in [1.54, 1.807) is 6.08 Å². The van der Waals surface area contributed by atoms with Gasteiger partial charge < -0.3 is 30.1 Å². The Kier molecular flexibility index (Phi) is 7.11. The van der Waals surface area contributed by atoms with Gasteiger partial charge in [-0.1, -0.05) is 6.08 Å². The zero-order chi connectivity index (χ0) is 15.1. The summed E-state index contributed by atoms with van der Waals surface area (Å²) in [5, 5.41) is 31.4. The van der Waals surface area contributed by atoms with E-state index in [2.05, 4.69) is 11.9 Å². The van der Waals surface area contributed by atoms with Crippen LogP contribution in [0.1, 0.15) is 19.8 Å². The van der Waals surface area contributed by atoms with Crippen molar-refractivity contribution >= 4 is 5.91 Å². The molecule has 0 aromatic carbocycles. The predicted molar refractivity (Wildman–Crippen MR) is 70.7 cm³/mol.